The summed E-state index contributed by atoms with van der Waals surface area (Å²) in [6.45, 7) is 2.71. The van der Waals surface area contributed by atoms with Gasteiger partial charge in [-0.15, -0.1) is 0 Å². The average molecular weight is 223 g/mol. The van der Waals surface area contributed by atoms with Gasteiger partial charge in [-0.25, -0.2) is 9.18 Å². The van der Waals surface area contributed by atoms with Crippen molar-refractivity contribution < 1.29 is 14.3 Å². The number of rotatable bonds is 4. The van der Waals surface area contributed by atoms with E-state index < -0.39 is 5.97 Å². The van der Waals surface area contributed by atoms with Crippen LogP contribution in [-0.4, -0.2) is 24.7 Å². The normalized spacial score (nSPS) is 10.7. The minimum absolute atomic E-state index is 0.372. The van der Waals surface area contributed by atoms with E-state index in [0.29, 0.717) is 5.56 Å². The first-order valence-corrected chi connectivity index (χ1v) is 4.95. The number of hydrogen-bond donors (Lipinski definition) is 1. The van der Waals surface area contributed by atoms with Crippen molar-refractivity contribution in [3.63, 3.8) is 0 Å². The molecule has 0 aliphatic rings. The molecule has 0 atom stereocenters. The summed E-state index contributed by atoms with van der Waals surface area (Å²) in [6, 6.07) is 4.46. The molecular formula is C12H14FNO2. The molecule has 0 aliphatic carbocycles. The number of carbonyl (C=O) groups is 1. The SMILES string of the molecule is CCN(C)c1cc(F)cc(/C=C/C(=O)O)c1. The van der Waals surface area contributed by atoms with E-state index >= 15 is 0 Å². The molecule has 0 radical (unpaired) electrons. The van der Waals surface area contributed by atoms with Crippen molar-refractivity contribution in [1.29, 1.82) is 0 Å². The molecule has 0 bridgehead atoms. The Balaban J connectivity index is 3.03. The number of halogens is 1. The molecule has 16 heavy (non-hydrogen) atoms. The molecular weight excluding hydrogens is 209 g/mol. The van der Waals surface area contributed by atoms with Crippen molar-refractivity contribution >= 4 is 17.7 Å². The first-order chi connectivity index (χ1) is 7.52. The van der Waals surface area contributed by atoms with Gasteiger partial charge in [-0.3, -0.25) is 0 Å². The van der Waals surface area contributed by atoms with Crippen LogP contribution in [0.15, 0.2) is 24.3 Å². The van der Waals surface area contributed by atoms with E-state index in [1.165, 1.54) is 18.2 Å². The van der Waals surface area contributed by atoms with Crippen LogP contribution in [0.25, 0.3) is 6.08 Å². The van der Waals surface area contributed by atoms with Crippen molar-refractivity contribution in [2.24, 2.45) is 0 Å². The first kappa shape index (κ1) is 12.2. The summed E-state index contributed by atoms with van der Waals surface area (Å²) in [5.74, 6) is -1.42. The monoisotopic (exact) mass is 223 g/mol. The summed E-state index contributed by atoms with van der Waals surface area (Å²) >= 11 is 0. The van der Waals surface area contributed by atoms with Gasteiger partial charge in [-0.2, -0.15) is 0 Å². The van der Waals surface area contributed by atoms with Crippen LogP contribution in [0.1, 0.15) is 12.5 Å². The Morgan fingerprint density at radius 3 is 2.75 bits per heavy atom. The summed E-state index contributed by atoms with van der Waals surface area (Å²) in [4.78, 5) is 12.2. The number of nitrogens with zero attached hydrogens (tertiary/aromatic N) is 1. The Hall–Kier alpha value is -1.84. The molecule has 0 spiro atoms. The van der Waals surface area contributed by atoms with Crippen LogP contribution in [0.2, 0.25) is 0 Å². The lowest BCUT2D eigenvalue weighted by atomic mass is 10.1. The molecule has 4 heteroatoms. The molecule has 86 valence electrons. The fraction of sp³-hybridized carbons (Fsp3) is 0.250. The summed E-state index contributed by atoms with van der Waals surface area (Å²) in [5, 5.41) is 8.48. The van der Waals surface area contributed by atoms with Gasteiger partial charge in [-0.1, -0.05) is 0 Å². The van der Waals surface area contributed by atoms with Crippen molar-refractivity contribution in [2.45, 2.75) is 6.92 Å². The largest absolute Gasteiger partial charge is 0.478 e. The molecule has 3 nitrogen and oxygen atoms in total. The van der Waals surface area contributed by atoms with Crippen molar-refractivity contribution in [3.8, 4) is 0 Å². The lowest BCUT2D eigenvalue weighted by Crippen LogP contribution is -2.15. The predicted octanol–water partition coefficient (Wildman–Crippen LogP) is 2.38. The third-order valence-electron chi connectivity index (χ3n) is 2.24. The van der Waals surface area contributed by atoms with Crippen LogP contribution < -0.4 is 4.90 Å². The van der Waals surface area contributed by atoms with Gasteiger partial charge in [0.05, 0.1) is 0 Å². The van der Waals surface area contributed by atoms with E-state index in [-0.39, 0.29) is 5.82 Å². The Labute approximate surface area is 93.8 Å². The van der Waals surface area contributed by atoms with E-state index in [1.807, 2.05) is 18.9 Å². The number of aliphatic carboxylic acids is 1. The quantitative estimate of drug-likeness (QED) is 0.797. The molecule has 1 aromatic carbocycles. The van der Waals surface area contributed by atoms with Crippen LogP contribution >= 0.6 is 0 Å². The number of carboxylic acids is 1. The minimum Gasteiger partial charge on any atom is -0.478 e. The van der Waals surface area contributed by atoms with Crippen molar-refractivity contribution in [3.05, 3.63) is 35.7 Å². The van der Waals surface area contributed by atoms with Gasteiger partial charge in [0, 0.05) is 25.4 Å². The van der Waals surface area contributed by atoms with Crippen LogP contribution in [0, 0.1) is 5.82 Å². The molecule has 0 aromatic heterocycles. The van der Waals surface area contributed by atoms with Crippen LogP contribution in [0.4, 0.5) is 10.1 Å². The standard InChI is InChI=1S/C12H14FNO2/c1-3-14(2)11-7-9(4-5-12(15)16)6-10(13)8-11/h4-8H,3H2,1-2H3,(H,15,16)/b5-4+. The Morgan fingerprint density at radius 1 is 1.50 bits per heavy atom. The smallest absolute Gasteiger partial charge is 0.328 e. The number of anilines is 1. The summed E-state index contributed by atoms with van der Waals surface area (Å²) in [7, 11) is 1.85. The Bertz CT molecular complexity index is 415. The number of hydrogen-bond acceptors (Lipinski definition) is 2. The highest BCUT2D eigenvalue weighted by molar-refractivity contribution is 5.85. The second-order valence-corrected chi connectivity index (χ2v) is 3.43. The zero-order valence-corrected chi connectivity index (χ0v) is 9.27. The van der Waals surface area contributed by atoms with Gasteiger partial charge in [0.25, 0.3) is 0 Å². The van der Waals surface area contributed by atoms with Gasteiger partial charge in [0.2, 0.25) is 0 Å². The van der Waals surface area contributed by atoms with Gasteiger partial charge in [0.1, 0.15) is 5.82 Å². The van der Waals surface area contributed by atoms with Crippen LogP contribution in [-0.2, 0) is 4.79 Å². The third-order valence-corrected chi connectivity index (χ3v) is 2.24. The summed E-state index contributed by atoms with van der Waals surface area (Å²) < 4.78 is 13.2. The maximum atomic E-state index is 13.2. The van der Waals surface area contributed by atoms with E-state index in [4.69, 9.17) is 5.11 Å². The molecule has 0 saturated carbocycles. The molecule has 0 aliphatic heterocycles. The Morgan fingerprint density at radius 2 is 2.19 bits per heavy atom. The van der Waals surface area contributed by atoms with Gasteiger partial charge in [-0.05, 0) is 36.8 Å². The van der Waals surface area contributed by atoms with Gasteiger partial charge < -0.3 is 10.0 Å². The molecule has 0 saturated heterocycles. The number of benzene rings is 1. The first-order valence-electron chi connectivity index (χ1n) is 4.95. The lowest BCUT2D eigenvalue weighted by molar-refractivity contribution is -0.131. The zero-order chi connectivity index (χ0) is 12.1. The van der Waals surface area contributed by atoms with E-state index in [9.17, 15) is 9.18 Å². The molecule has 0 fully saturated rings. The van der Waals surface area contributed by atoms with Gasteiger partial charge >= 0.3 is 5.97 Å². The molecule has 0 unspecified atom stereocenters. The second kappa shape index (κ2) is 5.30. The second-order valence-electron chi connectivity index (χ2n) is 3.43. The topological polar surface area (TPSA) is 40.5 Å². The molecule has 0 heterocycles. The van der Waals surface area contributed by atoms with E-state index in [1.54, 1.807) is 6.07 Å². The fourth-order valence-corrected chi connectivity index (χ4v) is 1.26. The zero-order valence-electron chi connectivity index (χ0n) is 9.27. The maximum absolute atomic E-state index is 13.2. The summed E-state index contributed by atoms with van der Waals surface area (Å²) in [6.07, 6.45) is 2.36. The fourth-order valence-electron chi connectivity index (χ4n) is 1.26. The Kier molecular flexibility index (Phi) is 4.05. The van der Waals surface area contributed by atoms with Crippen molar-refractivity contribution in [2.75, 3.05) is 18.5 Å². The van der Waals surface area contributed by atoms with Crippen LogP contribution in [0.5, 0.6) is 0 Å². The van der Waals surface area contributed by atoms with E-state index in [0.717, 1.165) is 18.3 Å². The molecule has 0 amide bonds. The molecule has 1 N–H and O–H groups in total. The average Bonchev–Trinajstić information content (AvgIpc) is 2.24. The number of carboxylic acid groups (broad SMARTS) is 1. The molecule has 1 rings (SSSR count). The third kappa shape index (κ3) is 3.38. The molecule has 1 aromatic rings. The van der Waals surface area contributed by atoms with E-state index in [2.05, 4.69) is 0 Å². The van der Waals surface area contributed by atoms with Crippen LogP contribution in [0.3, 0.4) is 0 Å². The highest BCUT2D eigenvalue weighted by Crippen LogP contribution is 2.18. The van der Waals surface area contributed by atoms with Gasteiger partial charge in [0.15, 0.2) is 0 Å². The predicted molar refractivity (Wildman–Crippen MR) is 62.0 cm³/mol. The lowest BCUT2D eigenvalue weighted by Gasteiger charge is -2.17. The minimum atomic E-state index is -1.05. The highest BCUT2D eigenvalue weighted by Gasteiger charge is 2.02. The maximum Gasteiger partial charge on any atom is 0.328 e. The van der Waals surface area contributed by atoms with Crippen molar-refractivity contribution in [1.82, 2.24) is 0 Å². The highest BCUT2D eigenvalue weighted by atomic mass is 19.1. The summed E-state index contributed by atoms with van der Waals surface area (Å²) in [5.41, 5.74) is 1.27.